The second-order valence-corrected chi connectivity index (χ2v) is 8.01. The van der Waals surface area contributed by atoms with Crippen LogP contribution in [0.5, 0.6) is 0 Å². The van der Waals surface area contributed by atoms with Gasteiger partial charge < -0.3 is 4.90 Å². The summed E-state index contributed by atoms with van der Waals surface area (Å²) in [5, 5.41) is 0.743. The first-order valence-corrected chi connectivity index (χ1v) is 10.0. The fourth-order valence-electron chi connectivity index (χ4n) is 4.30. The highest BCUT2D eigenvalue weighted by molar-refractivity contribution is 6.30. The first-order chi connectivity index (χ1) is 12.6. The topological polar surface area (TPSA) is 33.2 Å². The highest BCUT2D eigenvalue weighted by Crippen LogP contribution is 2.29. The molecular weight excluding hydrogens is 344 g/mol. The van der Waals surface area contributed by atoms with Crippen LogP contribution in [0.4, 0.5) is 0 Å². The smallest absolute Gasteiger partial charge is 0.255 e. The van der Waals surface area contributed by atoms with Gasteiger partial charge >= 0.3 is 0 Å². The van der Waals surface area contributed by atoms with Crippen molar-refractivity contribution >= 4 is 17.5 Å². The Morgan fingerprint density at radius 3 is 2.62 bits per heavy atom. The number of aromatic nitrogens is 1. The van der Waals surface area contributed by atoms with Crippen molar-refractivity contribution in [1.29, 1.82) is 0 Å². The second-order valence-electron chi connectivity index (χ2n) is 7.57. The number of nitrogens with zero attached hydrogens (tertiary/aromatic N) is 2. The summed E-state index contributed by atoms with van der Waals surface area (Å²) in [4.78, 5) is 20.0. The zero-order chi connectivity index (χ0) is 18.1. The number of rotatable bonds is 3. The number of halogens is 1. The molecule has 1 aliphatic carbocycles. The van der Waals surface area contributed by atoms with Gasteiger partial charge in [-0.3, -0.25) is 9.78 Å². The molecule has 0 atom stereocenters. The van der Waals surface area contributed by atoms with Crippen molar-refractivity contribution in [3.63, 3.8) is 0 Å². The lowest BCUT2D eigenvalue weighted by molar-refractivity contribution is 0.0612. The molecule has 2 heterocycles. The van der Waals surface area contributed by atoms with Crippen LogP contribution in [-0.4, -0.2) is 28.4 Å². The van der Waals surface area contributed by atoms with Gasteiger partial charge in [0.15, 0.2) is 0 Å². The van der Waals surface area contributed by atoms with E-state index in [0.717, 1.165) is 59.8 Å². The van der Waals surface area contributed by atoms with E-state index in [4.69, 9.17) is 16.6 Å². The first kappa shape index (κ1) is 17.5. The summed E-state index contributed by atoms with van der Waals surface area (Å²) < 4.78 is 0. The predicted molar refractivity (Wildman–Crippen MR) is 105 cm³/mol. The molecule has 0 N–H and O–H groups in total. The summed E-state index contributed by atoms with van der Waals surface area (Å²) in [5.41, 5.74) is 5.13. The number of aryl methyl sites for hydroxylation is 1. The lowest BCUT2D eigenvalue weighted by Gasteiger charge is -2.37. The van der Waals surface area contributed by atoms with Gasteiger partial charge in [0.2, 0.25) is 0 Å². The summed E-state index contributed by atoms with van der Waals surface area (Å²) in [6, 6.07) is 10.4. The van der Waals surface area contributed by atoms with Crippen molar-refractivity contribution in [2.45, 2.75) is 57.9 Å². The minimum absolute atomic E-state index is 0.183. The Balaban J connectivity index is 1.60. The molecule has 1 saturated carbocycles. The molecule has 0 saturated heterocycles. The molecule has 1 aromatic carbocycles. The zero-order valence-electron chi connectivity index (χ0n) is 15.3. The molecule has 136 valence electrons. The highest BCUT2D eigenvalue weighted by atomic mass is 35.5. The van der Waals surface area contributed by atoms with Gasteiger partial charge in [-0.25, -0.2) is 0 Å². The van der Waals surface area contributed by atoms with Crippen molar-refractivity contribution < 1.29 is 4.79 Å². The largest absolute Gasteiger partial charge is 0.335 e. The van der Waals surface area contributed by atoms with Crippen LogP contribution in [0.15, 0.2) is 30.3 Å². The van der Waals surface area contributed by atoms with E-state index in [2.05, 4.69) is 11.0 Å². The fraction of sp³-hybridized carbons (Fsp3) is 0.455. The summed E-state index contributed by atoms with van der Waals surface area (Å²) in [7, 11) is 0. The Morgan fingerprint density at radius 2 is 1.88 bits per heavy atom. The minimum atomic E-state index is 0.183. The maximum atomic E-state index is 13.1. The van der Waals surface area contributed by atoms with Gasteiger partial charge in [-0.2, -0.15) is 0 Å². The van der Waals surface area contributed by atoms with E-state index in [1.165, 1.54) is 24.8 Å². The van der Waals surface area contributed by atoms with E-state index in [-0.39, 0.29) is 5.91 Å². The fourth-order valence-corrected chi connectivity index (χ4v) is 4.42. The van der Waals surface area contributed by atoms with Crippen LogP contribution >= 0.6 is 11.6 Å². The quantitative estimate of drug-likeness (QED) is 0.766. The van der Waals surface area contributed by atoms with Gasteiger partial charge in [0.05, 0.1) is 11.3 Å². The number of carbonyl (C=O) groups excluding carboxylic acids is 1. The first-order valence-electron chi connectivity index (χ1n) is 9.66. The van der Waals surface area contributed by atoms with Crippen LogP contribution in [0.25, 0.3) is 0 Å². The molecule has 4 heteroatoms. The summed E-state index contributed by atoms with van der Waals surface area (Å²) in [6.45, 7) is 2.86. The second kappa shape index (κ2) is 7.40. The van der Waals surface area contributed by atoms with E-state index in [1.54, 1.807) is 0 Å². The van der Waals surface area contributed by atoms with E-state index in [0.29, 0.717) is 6.04 Å². The molecule has 4 rings (SSSR count). The van der Waals surface area contributed by atoms with Crippen molar-refractivity contribution in [1.82, 2.24) is 9.88 Å². The van der Waals surface area contributed by atoms with Crippen molar-refractivity contribution in [2.75, 3.05) is 6.54 Å². The van der Waals surface area contributed by atoms with Crippen molar-refractivity contribution in [3.8, 4) is 0 Å². The molecule has 1 fully saturated rings. The Bertz CT molecular complexity index is 810. The van der Waals surface area contributed by atoms with Crippen molar-refractivity contribution in [3.05, 3.63) is 63.4 Å². The molecular formula is C22H25ClN2O. The lowest BCUT2D eigenvalue weighted by atomic mass is 9.91. The maximum absolute atomic E-state index is 13.1. The van der Waals surface area contributed by atoms with Gasteiger partial charge in [0.1, 0.15) is 0 Å². The molecule has 1 aliphatic heterocycles. The normalized spacial score (nSPS) is 18.1. The Labute approximate surface area is 160 Å². The molecule has 0 unspecified atom stereocenters. The Hall–Kier alpha value is -1.87. The molecule has 2 aromatic rings. The van der Waals surface area contributed by atoms with Gasteiger partial charge in [0, 0.05) is 29.7 Å². The number of hydrogen-bond donors (Lipinski definition) is 0. The van der Waals surface area contributed by atoms with Crippen LogP contribution < -0.4 is 0 Å². The molecule has 0 radical (unpaired) electrons. The van der Waals surface area contributed by atoms with E-state index in [9.17, 15) is 4.79 Å². The number of benzene rings is 1. The van der Waals surface area contributed by atoms with Crippen LogP contribution in [0, 0.1) is 6.92 Å². The number of hydrogen-bond acceptors (Lipinski definition) is 2. The lowest BCUT2D eigenvalue weighted by Crippen LogP contribution is -2.45. The molecule has 0 spiro atoms. The highest BCUT2D eigenvalue weighted by Gasteiger charge is 2.31. The molecule has 3 nitrogen and oxygen atoms in total. The number of fused-ring (bicyclic) bond motifs is 1. The third kappa shape index (κ3) is 3.50. The Morgan fingerprint density at radius 1 is 1.15 bits per heavy atom. The molecule has 1 aromatic heterocycles. The number of pyridine rings is 1. The zero-order valence-corrected chi connectivity index (χ0v) is 16.1. The van der Waals surface area contributed by atoms with Crippen LogP contribution in [-0.2, 0) is 12.8 Å². The van der Waals surface area contributed by atoms with Crippen LogP contribution in [0.1, 0.15) is 65.0 Å². The van der Waals surface area contributed by atoms with E-state index < -0.39 is 0 Å². The maximum Gasteiger partial charge on any atom is 0.255 e. The molecule has 2 aliphatic rings. The third-order valence-electron chi connectivity index (χ3n) is 5.80. The van der Waals surface area contributed by atoms with Gasteiger partial charge in [-0.15, -0.1) is 0 Å². The summed E-state index contributed by atoms with van der Waals surface area (Å²) >= 11 is 5.99. The Kier molecular flexibility index (Phi) is 4.99. The SMILES string of the molecule is Cc1nc2c(cc1Cc1ccc(Cl)cc1)C(=O)N(C1CCCCC1)CC2. The number of carbonyl (C=O) groups is 1. The van der Waals surface area contributed by atoms with Crippen LogP contribution in [0.3, 0.4) is 0 Å². The molecule has 0 bridgehead atoms. The molecule has 26 heavy (non-hydrogen) atoms. The summed E-state index contributed by atoms with van der Waals surface area (Å²) in [6.07, 6.45) is 7.75. The number of amides is 1. The van der Waals surface area contributed by atoms with Gasteiger partial charge in [-0.1, -0.05) is 43.0 Å². The minimum Gasteiger partial charge on any atom is -0.335 e. The van der Waals surface area contributed by atoms with Gasteiger partial charge in [0.25, 0.3) is 5.91 Å². The average molecular weight is 369 g/mol. The predicted octanol–water partition coefficient (Wildman–Crippen LogP) is 4.97. The standard InChI is InChI=1S/C22H25ClN2O/c1-15-17(13-16-7-9-18(23)10-8-16)14-20-21(24-15)11-12-25(22(20)26)19-5-3-2-4-6-19/h7-10,14,19H,2-6,11-13H2,1H3. The monoisotopic (exact) mass is 368 g/mol. The summed E-state index contributed by atoms with van der Waals surface area (Å²) in [5.74, 6) is 0.183. The van der Waals surface area contributed by atoms with Crippen molar-refractivity contribution in [2.24, 2.45) is 0 Å². The third-order valence-corrected chi connectivity index (χ3v) is 6.05. The van der Waals surface area contributed by atoms with E-state index in [1.807, 2.05) is 31.2 Å². The van der Waals surface area contributed by atoms with Crippen LogP contribution in [0.2, 0.25) is 5.02 Å². The van der Waals surface area contributed by atoms with E-state index >= 15 is 0 Å². The van der Waals surface area contributed by atoms with Gasteiger partial charge in [-0.05, 0) is 55.5 Å². The molecule has 1 amide bonds. The average Bonchev–Trinajstić information content (AvgIpc) is 2.66.